The van der Waals surface area contributed by atoms with Gasteiger partial charge in [0.05, 0.1) is 14.2 Å². The predicted molar refractivity (Wildman–Crippen MR) is 88.2 cm³/mol. The number of amides is 1. The molecular formula is C18H15FN2O3. The zero-order valence-corrected chi connectivity index (χ0v) is 13.2. The first-order chi connectivity index (χ1) is 11.6. The Bertz CT molecular complexity index is 808. The first-order valence-corrected chi connectivity index (χ1v) is 6.98. The van der Waals surface area contributed by atoms with Crippen LogP contribution in [-0.4, -0.2) is 20.1 Å². The van der Waals surface area contributed by atoms with E-state index in [0.717, 1.165) is 0 Å². The van der Waals surface area contributed by atoms with Crippen LogP contribution in [0.2, 0.25) is 0 Å². The van der Waals surface area contributed by atoms with Gasteiger partial charge in [-0.1, -0.05) is 12.1 Å². The molecule has 0 fully saturated rings. The maximum absolute atomic E-state index is 12.9. The number of rotatable bonds is 5. The van der Waals surface area contributed by atoms with Gasteiger partial charge in [-0.15, -0.1) is 0 Å². The average Bonchev–Trinajstić information content (AvgIpc) is 2.60. The smallest absolute Gasteiger partial charge is 0.266 e. The highest BCUT2D eigenvalue weighted by Gasteiger charge is 2.13. The van der Waals surface area contributed by atoms with E-state index >= 15 is 0 Å². The number of hydrogen-bond acceptors (Lipinski definition) is 4. The fraction of sp³-hybridized carbons (Fsp3) is 0.111. The minimum absolute atomic E-state index is 0.120. The molecular weight excluding hydrogens is 311 g/mol. The molecule has 0 aromatic heterocycles. The third kappa shape index (κ3) is 3.90. The number of hydrogen-bond donors (Lipinski definition) is 1. The van der Waals surface area contributed by atoms with Crippen LogP contribution >= 0.6 is 0 Å². The molecule has 24 heavy (non-hydrogen) atoms. The molecule has 0 aliphatic rings. The Hall–Kier alpha value is -3.33. The Morgan fingerprint density at radius 1 is 1.17 bits per heavy atom. The number of para-hydroxylation sites is 1. The highest BCUT2D eigenvalue weighted by atomic mass is 19.1. The molecule has 5 nitrogen and oxygen atoms in total. The van der Waals surface area contributed by atoms with E-state index < -0.39 is 11.7 Å². The number of anilines is 1. The van der Waals surface area contributed by atoms with Crippen LogP contribution < -0.4 is 14.8 Å². The number of halogens is 1. The van der Waals surface area contributed by atoms with Gasteiger partial charge < -0.3 is 14.8 Å². The van der Waals surface area contributed by atoms with Gasteiger partial charge in [0.25, 0.3) is 5.91 Å². The van der Waals surface area contributed by atoms with E-state index in [-0.39, 0.29) is 5.57 Å². The molecule has 2 aromatic rings. The van der Waals surface area contributed by atoms with Crippen molar-refractivity contribution >= 4 is 17.7 Å². The molecule has 0 saturated carbocycles. The molecule has 0 aliphatic carbocycles. The highest BCUT2D eigenvalue weighted by Crippen LogP contribution is 2.32. The maximum atomic E-state index is 12.9. The number of ether oxygens (including phenoxy) is 2. The lowest BCUT2D eigenvalue weighted by atomic mass is 10.1. The Labute approximate surface area is 138 Å². The molecule has 0 spiro atoms. The second-order valence-corrected chi connectivity index (χ2v) is 4.71. The number of carbonyl (C=O) groups is 1. The van der Waals surface area contributed by atoms with Gasteiger partial charge in [-0.3, -0.25) is 4.79 Å². The van der Waals surface area contributed by atoms with Crippen LogP contribution in [0, 0.1) is 17.1 Å². The fourth-order valence-electron chi connectivity index (χ4n) is 2.06. The standard InChI is InChI=1S/C18H15FN2O3/c1-23-16-5-3-4-12(17(16)24-2)10-13(11-20)18(22)21-15-8-6-14(19)7-9-15/h3-10H,1-2H3,(H,21,22)/b13-10+. The Morgan fingerprint density at radius 3 is 2.46 bits per heavy atom. The van der Waals surface area contributed by atoms with E-state index in [4.69, 9.17) is 9.47 Å². The first-order valence-electron chi connectivity index (χ1n) is 6.98. The largest absolute Gasteiger partial charge is 0.493 e. The molecule has 6 heteroatoms. The topological polar surface area (TPSA) is 71.3 Å². The molecule has 0 atom stereocenters. The van der Waals surface area contributed by atoms with Crippen LogP contribution in [0.3, 0.4) is 0 Å². The fourth-order valence-corrected chi connectivity index (χ4v) is 2.06. The van der Waals surface area contributed by atoms with Gasteiger partial charge >= 0.3 is 0 Å². The van der Waals surface area contributed by atoms with Gasteiger partial charge in [-0.25, -0.2) is 4.39 Å². The van der Waals surface area contributed by atoms with Crippen molar-refractivity contribution in [1.82, 2.24) is 0 Å². The third-order valence-corrected chi connectivity index (χ3v) is 3.20. The normalized spacial score (nSPS) is 10.7. The zero-order chi connectivity index (χ0) is 17.5. The molecule has 0 heterocycles. The number of carbonyl (C=O) groups excluding carboxylic acids is 1. The molecule has 0 unspecified atom stereocenters. The summed E-state index contributed by atoms with van der Waals surface area (Å²) in [7, 11) is 2.97. The van der Waals surface area contributed by atoms with E-state index in [1.165, 1.54) is 44.6 Å². The zero-order valence-electron chi connectivity index (χ0n) is 13.2. The summed E-state index contributed by atoms with van der Waals surface area (Å²) < 4.78 is 23.3. The Morgan fingerprint density at radius 2 is 1.88 bits per heavy atom. The van der Waals surface area contributed by atoms with Crippen LogP contribution in [0.1, 0.15) is 5.56 Å². The average molecular weight is 326 g/mol. The highest BCUT2D eigenvalue weighted by molar-refractivity contribution is 6.09. The summed E-state index contributed by atoms with van der Waals surface area (Å²) in [5.41, 5.74) is 0.800. The molecule has 0 aliphatic heterocycles. The minimum Gasteiger partial charge on any atom is -0.493 e. The monoisotopic (exact) mass is 326 g/mol. The Kier molecular flexibility index (Phi) is 5.53. The van der Waals surface area contributed by atoms with Gasteiger partial charge in [-0.05, 0) is 36.4 Å². The number of nitrogens with one attached hydrogen (secondary N) is 1. The number of nitriles is 1. The molecule has 0 saturated heterocycles. The summed E-state index contributed by atoms with van der Waals surface area (Å²) >= 11 is 0. The number of benzene rings is 2. The van der Waals surface area contributed by atoms with Crippen LogP contribution in [0.25, 0.3) is 6.08 Å². The summed E-state index contributed by atoms with van der Waals surface area (Å²) in [6.45, 7) is 0. The van der Waals surface area contributed by atoms with E-state index in [1.807, 2.05) is 6.07 Å². The van der Waals surface area contributed by atoms with Gasteiger partial charge in [0.15, 0.2) is 11.5 Å². The van der Waals surface area contributed by atoms with Gasteiger partial charge in [-0.2, -0.15) is 5.26 Å². The van der Waals surface area contributed by atoms with Crippen molar-refractivity contribution in [2.45, 2.75) is 0 Å². The molecule has 0 radical (unpaired) electrons. The molecule has 0 bridgehead atoms. The van der Waals surface area contributed by atoms with Crippen molar-refractivity contribution in [2.75, 3.05) is 19.5 Å². The van der Waals surface area contributed by atoms with Crippen molar-refractivity contribution in [3.05, 3.63) is 59.4 Å². The number of nitrogens with zero attached hydrogens (tertiary/aromatic N) is 1. The van der Waals surface area contributed by atoms with E-state index in [2.05, 4.69) is 5.32 Å². The van der Waals surface area contributed by atoms with E-state index in [9.17, 15) is 14.4 Å². The summed E-state index contributed by atoms with van der Waals surface area (Å²) in [4.78, 5) is 12.2. The molecule has 1 amide bonds. The lowest BCUT2D eigenvalue weighted by Crippen LogP contribution is -2.13. The molecule has 2 rings (SSSR count). The second kappa shape index (κ2) is 7.79. The van der Waals surface area contributed by atoms with Gasteiger partial charge in [0.2, 0.25) is 0 Å². The summed E-state index contributed by atoms with van der Waals surface area (Å²) in [6.07, 6.45) is 1.40. The summed E-state index contributed by atoms with van der Waals surface area (Å²) in [6, 6.07) is 12.2. The van der Waals surface area contributed by atoms with E-state index in [1.54, 1.807) is 18.2 Å². The summed E-state index contributed by atoms with van der Waals surface area (Å²) in [5.74, 6) is -0.107. The van der Waals surface area contributed by atoms with E-state index in [0.29, 0.717) is 22.7 Å². The van der Waals surface area contributed by atoms with Crippen LogP contribution in [0.15, 0.2) is 48.0 Å². The summed E-state index contributed by atoms with van der Waals surface area (Å²) in [5, 5.41) is 11.8. The molecule has 2 aromatic carbocycles. The van der Waals surface area contributed by atoms with Crippen molar-refractivity contribution in [1.29, 1.82) is 5.26 Å². The van der Waals surface area contributed by atoms with Crippen LogP contribution in [-0.2, 0) is 4.79 Å². The SMILES string of the molecule is COc1cccc(/C=C(\C#N)C(=O)Nc2ccc(F)cc2)c1OC. The first kappa shape index (κ1) is 17.0. The quantitative estimate of drug-likeness (QED) is 0.675. The predicted octanol–water partition coefficient (Wildman–Crippen LogP) is 3.39. The Balaban J connectivity index is 2.31. The lowest BCUT2D eigenvalue weighted by molar-refractivity contribution is -0.112. The van der Waals surface area contributed by atoms with Crippen LogP contribution in [0.4, 0.5) is 10.1 Å². The molecule has 122 valence electrons. The van der Waals surface area contributed by atoms with Gasteiger partial charge in [0.1, 0.15) is 17.5 Å². The third-order valence-electron chi connectivity index (χ3n) is 3.20. The maximum Gasteiger partial charge on any atom is 0.266 e. The molecule has 1 N–H and O–H groups in total. The number of methoxy groups -OCH3 is 2. The second-order valence-electron chi connectivity index (χ2n) is 4.71. The van der Waals surface area contributed by atoms with Crippen LogP contribution in [0.5, 0.6) is 11.5 Å². The van der Waals surface area contributed by atoms with Crippen molar-refractivity contribution < 1.29 is 18.7 Å². The lowest BCUT2D eigenvalue weighted by Gasteiger charge is -2.10. The minimum atomic E-state index is -0.603. The van der Waals surface area contributed by atoms with Crippen molar-refractivity contribution in [3.8, 4) is 17.6 Å². The van der Waals surface area contributed by atoms with Crippen molar-refractivity contribution in [3.63, 3.8) is 0 Å². The van der Waals surface area contributed by atoms with Gasteiger partial charge in [0, 0.05) is 11.3 Å². The van der Waals surface area contributed by atoms with Crippen molar-refractivity contribution in [2.24, 2.45) is 0 Å².